The fraction of sp³-hybridized carbons (Fsp3) is 1.00. The van der Waals surface area contributed by atoms with Crippen LogP contribution in [-0.4, -0.2) is 30.6 Å². The standard InChI is InChI=1S/C15H30N2/c1-11(12-7-8-12)17(4)10-13-6-5-9-15(2,3)14(13)16/h11-14H,5-10,16H2,1-4H3. The Labute approximate surface area is 107 Å². The molecule has 3 unspecified atom stereocenters. The maximum absolute atomic E-state index is 6.47. The van der Waals surface area contributed by atoms with Gasteiger partial charge in [0.25, 0.3) is 0 Å². The first-order valence-corrected chi connectivity index (χ1v) is 7.37. The molecule has 2 aliphatic carbocycles. The number of hydrogen-bond donors (Lipinski definition) is 1. The molecule has 0 aromatic heterocycles. The van der Waals surface area contributed by atoms with Gasteiger partial charge in [0.2, 0.25) is 0 Å². The van der Waals surface area contributed by atoms with E-state index < -0.39 is 0 Å². The molecule has 0 aromatic carbocycles. The molecule has 2 rings (SSSR count). The van der Waals surface area contributed by atoms with Crippen LogP contribution in [0, 0.1) is 17.3 Å². The van der Waals surface area contributed by atoms with E-state index in [9.17, 15) is 0 Å². The maximum atomic E-state index is 6.47. The Morgan fingerprint density at radius 3 is 2.53 bits per heavy atom. The van der Waals surface area contributed by atoms with Crippen LogP contribution in [0.15, 0.2) is 0 Å². The Hall–Kier alpha value is -0.0800. The van der Waals surface area contributed by atoms with E-state index in [0.717, 1.165) is 12.0 Å². The topological polar surface area (TPSA) is 29.3 Å². The SMILES string of the molecule is CC(C1CC1)N(C)CC1CCCC(C)(C)C1N. The minimum absolute atomic E-state index is 0.340. The first-order valence-electron chi connectivity index (χ1n) is 7.37. The summed E-state index contributed by atoms with van der Waals surface area (Å²) < 4.78 is 0. The molecule has 3 atom stereocenters. The molecule has 17 heavy (non-hydrogen) atoms. The van der Waals surface area contributed by atoms with Crippen LogP contribution < -0.4 is 5.73 Å². The molecule has 0 spiro atoms. The van der Waals surface area contributed by atoms with Gasteiger partial charge in [-0.1, -0.05) is 20.3 Å². The maximum Gasteiger partial charge on any atom is 0.0131 e. The quantitative estimate of drug-likeness (QED) is 0.816. The van der Waals surface area contributed by atoms with Crippen LogP contribution in [0.5, 0.6) is 0 Å². The van der Waals surface area contributed by atoms with Gasteiger partial charge >= 0.3 is 0 Å². The van der Waals surface area contributed by atoms with Gasteiger partial charge in [-0.3, -0.25) is 0 Å². The molecule has 0 bridgehead atoms. The molecular formula is C15H30N2. The van der Waals surface area contributed by atoms with Crippen molar-refractivity contribution in [1.82, 2.24) is 4.90 Å². The van der Waals surface area contributed by atoms with Gasteiger partial charge in [-0.05, 0) is 56.9 Å². The highest BCUT2D eigenvalue weighted by molar-refractivity contribution is 4.93. The van der Waals surface area contributed by atoms with Crippen LogP contribution >= 0.6 is 0 Å². The molecule has 0 radical (unpaired) electrons. The Kier molecular flexibility index (Phi) is 3.84. The second-order valence-electron chi connectivity index (χ2n) is 7.18. The molecule has 100 valence electrons. The molecule has 2 saturated carbocycles. The minimum atomic E-state index is 0.340. The molecule has 0 aromatic rings. The fourth-order valence-electron chi connectivity index (χ4n) is 3.48. The number of rotatable bonds is 4. The molecular weight excluding hydrogens is 208 g/mol. The van der Waals surface area contributed by atoms with Crippen LogP contribution in [0.4, 0.5) is 0 Å². The van der Waals surface area contributed by atoms with Gasteiger partial charge in [-0.15, -0.1) is 0 Å². The van der Waals surface area contributed by atoms with E-state index in [4.69, 9.17) is 5.73 Å². The fourth-order valence-corrected chi connectivity index (χ4v) is 3.48. The lowest BCUT2D eigenvalue weighted by Crippen LogP contribution is -2.50. The van der Waals surface area contributed by atoms with Crippen molar-refractivity contribution in [2.75, 3.05) is 13.6 Å². The highest BCUT2D eigenvalue weighted by Gasteiger charge is 2.38. The zero-order valence-corrected chi connectivity index (χ0v) is 12.1. The van der Waals surface area contributed by atoms with Crippen molar-refractivity contribution in [3.8, 4) is 0 Å². The van der Waals surface area contributed by atoms with E-state index >= 15 is 0 Å². The molecule has 2 fully saturated rings. The van der Waals surface area contributed by atoms with Crippen molar-refractivity contribution in [2.24, 2.45) is 23.0 Å². The third-order valence-corrected chi connectivity index (χ3v) is 5.33. The van der Waals surface area contributed by atoms with Crippen molar-refractivity contribution in [3.63, 3.8) is 0 Å². The first-order chi connectivity index (χ1) is 7.92. The largest absolute Gasteiger partial charge is 0.327 e. The first kappa shape index (κ1) is 13.4. The van der Waals surface area contributed by atoms with Gasteiger partial charge in [0, 0.05) is 18.6 Å². The van der Waals surface area contributed by atoms with Gasteiger partial charge in [0.1, 0.15) is 0 Å². The lowest BCUT2D eigenvalue weighted by atomic mass is 9.68. The summed E-state index contributed by atoms with van der Waals surface area (Å²) in [7, 11) is 2.29. The second-order valence-corrected chi connectivity index (χ2v) is 7.18. The summed E-state index contributed by atoms with van der Waals surface area (Å²) in [6, 6.07) is 1.14. The normalized spacial score (nSPS) is 34.9. The highest BCUT2D eigenvalue weighted by Crippen LogP contribution is 2.39. The van der Waals surface area contributed by atoms with Gasteiger partial charge in [-0.2, -0.15) is 0 Å². The monoisotopic (exact) mass is 238 g/mol. The number of hydrogen-bond acceptors (Lipinski definition) is 2. The van der Waals surface area contributed by atoms with Crippen molar-refractivity contribution >= 4 is 0 Å². The molecule has 0 aliphatic heterocycles. The Bertz CT molecular complexity index is 258. The molecule has 2 heteroatoms. The van der Waals surface area contributed by atoms with Crippen molar-refractivity contribution in [3.05, 3.63) is 0 Å². The summed E-state index contributed by atoms with van der Waals surface area (Å²) in [6.45, 7) is 8.27. The lowest BCUT2D eigenvalue weighted by Gasteiger charge is -2.44. The smallest absolute Gasteiger partial charge is 0.0131 e. The third kappa shape index (κ3) is 3.03. The Morgan fingerprint density at radius 2 is 1.94 bits per heavy atom. The van der Waals surface area contributed by atoms with Crippen LogP contribution in [0.1, 0.15) is 52.9 Å². The van der Waals surface area contributed by atoms with Crippen LogP contribution in [0.2, 0.25) is 0 Å². The van der Waals surface area contributed by atoms with Crippen molar-refractivity contribution in [1.29, 1.82) is 0 Å². The summed E-state index contributed by atoms with van der Waals surface area (Å²) in [6.07, 6.45) is 6.86. The second kappa shape index (κ2) is 4.89. The predicted octanol–water partition coefficient (Wildman–Crippen LogP) is 2.87. The van der Waals surface area contributed by atoms with Gasteiger partial charge < -0.3 is 10.6 Å². The lowest BCUT2D eigenvalue weighted by molar-refractivity contribution is 0.0950. The summed E-state index contributed by atoms with van der Waals surface area (Å²) >= 11 is 0. The molecule has 0 amide bonds. The van der Waals surface area contributed by atoms with Crippen LogP contribution in [0.3, 0.4) is 0 Å². The number of nitrogens with two attached hydrogens (primary N) is 1. The van der Waals surface area contributed by atoms with Gasteiger partial charge in [-0.25, -0.2) is 0 Å². The average Bonchev–Trinajstić information content (AvgIpc) is 3.07. The summed E-state index contributed by atoms with van der Waals surface area (Å²) in [5.74, 6) is 1.66. The molecule has 2 N–H and O–H groups in total. The molecule has 2 aliphatic rings. The molecule has 0 heterocycles. The Balaban J connectivity index is 1.88. The molecule has 2 nitrogen and oxygen atoms in total. The van der Waals surface area contributed by atoms with E-state index in [1.54, 1.807) is 0 Å². The zero-order chi connectivity index (χ0) is 12.6. The Morgan fingerprint density at radius 1 is 1.29 bits per heavy atom. The van der Waals surface area contributed by atoms with E-state index in [0.29, 0.717) is 17.4 Å². The van der Waals surface area contributed by atoms with Crippen LogP contribution in [0.25, 0.3) is 0 Å². The van der Waals surface area contributed by atoms with Crippen molar-refractivity contribution < 1.29 is 0 Å². The average molecular weight is 238 g/mol. The van der Waals surface area contributed by atoms with E-state index in [1.807, 2.05) is 0 Å². The third-order valence-electron chi connectivity index (χ3n) is 5.33. The minimum Gasteiger partial charge on any atom is -0.327 e. The van der Waals surface area contributed by atoms with Crippen molar-refractivity contribution in [2.45, 2.75) is 65.0 Å². The summed E-state index contributed by atoms with van der Waals surface area (Å²) in [4.78, 5) is 2.56. The van der Waals surface area contributed by atoms with Gasteiger partial charge in [0.05, 0.1) is 0 Å². The summed E-state index contributed by atoms with van der Waals surface area (Å²) in [5.41, 5.74) is 6.81. The predicted molar refractivity (Wildman–Crippen MR) is 73.9 cm³/mol. The van der Waals surface area contributed by atoms with Crippen LogP contribution in [-0.2, 0) is 0 Å². The zero-order valence-electron chi connectivity index (χ0n) is 12.1. The van der Waals surface area contributed by atoms with E-state index in [1.165, 1.54) is 38.6 Å². The van der Waals surface area contributed by atoms with Gasteiger partial charge in [0.15, 0.2) is 0 Å². The number of nitrogens with zero attached hydrogens (tertiary/aromatic N) is 1. The molecule has 0 saturated heterocycles. The highest BCUT2D eigenvalue weighted by atomic mass is 15.1. The summed E-state index contributed by atoms with van der Waals surface area (Å²) in [5, 5.41) is 0. The van der Waals surface area contributed by atoms with E-state index in [2.05, 4.69) is 32.7 Å². The van der Waals surface area contributed by atoms with E-state index in [-0.39, 0.29) is 0 Å².